The van der Waals surface area contributed by atoms with Crippen molar-refractivity contribution in [2.75, 3.05) is 12.4 Å². The van der Waals surface area contributed by atoms with Crippen LogP contribution >= 0.6 is 0 Å². The minimum absolute atomic E-state index is 0.877. The summed E-state index contributed by atoms with van der Waals surface area (Å²) < 4.78 is 5.15. The van der Waals surface area contributed by atoms with Gasteiger partial charge >= 0.3 is 0 Å². The first-order chi connectivity index (χ1) is 9.81. The lowest BCUT2D eigenvalue weighted by Crippen LogP contribution is -1.91. The van der Waals surface area contributed by atoms with Crippen molar-refractivity contribution in [3.05, 3.63) is 54.1 Å². The van der Waals surface area contributed by atoms with E-state index in [4.69, 9.17) is 4.74 Å². The highest BCUT2D eigenvalue weighted by Gasteiger charge is 1.97. The van der Waals surface area contributed by atoms with Gasteiger partial charge in [0.15, 0.2) is 0 Å². The predicted molar refractivity (Wildman–Crippen MR) is 85.9 cm³/mol. The Labute approximate surface area is 121 Å². The molecule has 0 atom stereocenters. The molecule has 2 heteroatoms. The van der Waals surface area contributed by atoms with Crippen LogP contribution in [0.25, 0.3) is 0 Å². The van der Waals surface area contributed by atoms with Gasteiger partial charge in [0.25, 0.3) is 0 Å². The van der Waals surface area contributed by atoms with Crippen LogP contribution < -0.4 is 10.1 Å². The van der Waals surface area contributed by atoms with Crippen molar-refractivity contribution in [3.8, 4) is 5.75 Å². The van der Waals surface area contributed by atoms with E-state index in [2.05, 4.69) is 36.5 Å². The normalized spacial score (nSPS) is 10.3. The summed E-state index contributed by atoms with van der Waals surface area (Å²) >= 11 is 0. The number of hydrogen-bond donors (Lipinski definition) is 1. The molecular weight excluding hydrogens is 246 g/mol. The van der Waals surface area contributed by atoms with Crippen molar-refractivity contribution >= 4 is 11.4 Å². The molecule has 0 heterocycles. The zero-order valence-corrected chi connectivity index (χ0v) is 12.4. The zero-order valence-electron chi connectivity index (χ0n) is 12.4. The highest BCUT2D eigenvalue weighted by atomic mass is 16.5. The van der Waals surface area contributed by atoms with E-state index in [9.17, 15) is 0 Å². The van der Waals surface area contributed by atoms with Crippen LogP contribution in [0.5, 0.6) is 5.75 Å². The van der Waals surface area contributed by atoms with E-state index in [0.717, 1.165) is 17.1 Å². The van der Waals surface area contributed by atoms with Crippen molar-refractivity contribution in [2.45, 2.75) is 32.6 Å². The van der Waals surface area contributed by atoms with E-state index in [1.54, 1.807) is 7.11 Å². The minimum Gasteiger partial charge on any atom is -0.497 e. The van der Waals surface area contributed by atoms with Crippen LogP contribution in [0.15, 0.2) is 48.5 Å². The van der Waals surface area contributed by atoms with Crippen molar-refractivity contribution < 1.29 is 4.74 Å². The van der Waals surface area contributed by atoms with Crippen molar-refractivity contribution in [2.24, 2.45) is 0 Å². The first kappa shape index (κ1) is 14.4. The van der Waals surface area contributed by atoms with Gasteiger partial charge in [0.05, 0.1) is 7.11 Å². The molecule has 0 aromatic heterocycles. The van der Waals surface area contributed by atoms with Gasteiger partial charge < -0.3 is 10.1 Å². The molecule has 0 amide bonds. The van der Waals surface area contributed by atoms with Crippen molar-refractivity contribution in [3.63, 3.8) is 0 Å². The molecule has 106 valence electrons. The van der Waals surface area contributed by atoms with Gasteiger partial charge in [-0.2, -0.15) is 0 Å². The van der Waals surface area contributed by atoms with Gasteiger partial charge in [-0.15, -0.1) is 0 Å². The predicted octanol–water partition coefficient (Wildman–Crippen LogP) is 5.17. The van der Waals surface area contributed by atoms with Gasteiger partial charge in [0.2, 0.25) is 0 Å². The van der Waals surface area contributed by atoms with E-state index in [1.807, 2.05) is 24.3 Å². The third-order valence-corrected chi connectivity index (χ3v) is 3.40. The van der Waals surface area contributed by atoms with Crippen LogP contribution in [0.1, 0.15) is 31.7 Å². The molecule has 0 radical (unpaired) electrons. The number of benzene rings is 2. The molecule has 0 aliphatic heterocycles. The molecule has 0 saturated heterocycles. The summed E-state index contributed by atoms with van der Waals surface area (Å²) in [6.45, 7) is 2.24. The van der Waals surface area contributed by atoms with Crippen LogP contribution in [0.3, 0.4) is 0 Å². The molecule has 0 spiro atoms. The summed E-state index contributed by atoms with van der Waals surface area (Å²) in [5.74, 6) is 0.877. The fourth-order valence-electron chi connectivity index (χ4n) is 2.17. The number of hydrogen-bond acceptors (Lipinski definition) is 2. The second-order valence-electron chi connectivity index (χ2n) is 5.01. The first-order valence-corrected chi connectivity index (χ1v) is 7.32. The highest BCUT2D eigenvalue weighted by molar-refractivity contribution is 5.60. The topological polar surface area (TPSA) is 21.3 Å². The fraction of sp³-hybridized carbons (Fsp3) is 0.333. The number of ether oxygens (including phenoxy) is 1. The summed E-state index contributed by atoms with van der Waals surface area (Å²) in [5.41, 5.74) is 3.61. The zero-order chi connectivity index (χ0) is 14.2. The van der Waals surface area contributed by atoms with Crippen LogP contribution in [-0.4, -0.2) is 7.11 Å². The average Bonchev–Trinajstić information content (AvgIpc) is 2.50. The van der Waals surface area contributed by atoms with Crippen molar-refractivity contribution in [1.82, 2.24) is 0 Å². The lowest BCUT2D eigenvalue weighted by molar-refractivity contribution is 0.415. The maximum Gasteiger partial charge on any atom is 0.119 e. The molecule has 0 unspecified atom stereocenters. The molecule has 2 rings (SSSR count). The first-order valence-electron chi connectivity index (χ1n) is 7.32. The maximum absolute atomic E-state index is 5.15. The average molecular weight is 269 g/mol. The van der Waals surface area contributed by atoms with Gasteiger partial charge in [-0.05, 0) is 54.8 Å². The summed E-state index contributed by atoms with van der Waals surface area (Å²) in [4.78, 5) is 0. The molecule has 20 heavy (non-hydrogen) atoms. The Bertz CT molecular complexity index is 502. The number of nitrogens with one attached hydrogen (secondary N) is 1. The maximum atomic E-state index is 5.15. The molecular formula is C18H23NO. The van der Waals surface area contributed by atoms with Crippen LogP contribution in [0.4, 0.5) is 11.4 Å². The molecule has 0 aliphatic rings. The molecule has 0 bridgehead atoms. The standard InChI is InChI=1S/C18H23NO/c1-3-4-5-6-15-7-9-16(10-8-15)19-17-11-13-18(20-2)14-12-17/h7-14,19H,3-6H2,1-2H3. The van der Waals surface area contributed by atoms with E-state index in [0.29, 0.717) is 0 Å². The Kier molecular flexibility index (Phi) is 5.48. The summed E-state index contributed by atoms with van der Waals surface area (Å²) in [5, 5.41) is 3.39. The van der Waals surface area contributed by atoms with E-state index in [-0.39, 0.29) is 0 Å². The number of aryl methyl sites for hydroxylation is 1. The number of rotatable bonds is 7. The van der Waals surface area contributed by atoms with Gasteiger partial charge in [-0.25, -0.2) is 0 Å². The smallest absolute Gasteiger partial charge is 0.119 e. The van der Waals surface area contributed by atoms with Crippen molar-refractivity contribution in [1.29, 1.82) is 0 Å². The van der Waals surface area contributed by atoms with E-state index >= 15 is 0 Å². The minimum atomic E-state index is 0.877. The molecule has 0 fully saturated rings. The van der Waals surface area contributed by atoms with E-state index in [1.165, 1.54) is 31.2 Å². The Hall–Kier alpha value is -1.96. The fourth-order valence-corrected chi connectivity index (χ4v) is 2.17. The largest absolute Gasteiger partial charge is 0.497 e. The molecule has 1 N–H and O–H groups in total. The second kappa shape index (κ2) is 7.59. The van der Waals surface area contributed by atoms with Crippen LogP contribution in [0.2, 0.25) is 0 Å². The summed E-state index contributed by atoms with van der Waals surface area (Å²) in [6.07, 6.45) is 5.04. The third kappa shape index (κ3) is 4.30. The Balaban J connectivity index is 1.92. The SMILES string of the molecule is CCCCCc1ccc(Nc2ccc(OC)cc2)cc1. The van der Waals surface area contributed by atoms with Gasteiger partial charge in [0, 0.05) is 11.4 Å². The molecule has 2 aromatic carbocycles. The number of anilines is 2. The Morgan fingerprint density at radius 3 is 2.00 bits per heavy atom. The lowest BCUT2D eigenvalue weighted by Gasteiger charge is -2.08. The third-order valence-electron chi connectivity index (χ3n) is 3.40. The molecule has 2 nitrogen and oxygen atoms in total. The molecule has 0 saturated carbocycles. The Morgan fingerprint density at radius 1 is 0.850 bits per heavy atom. The summed E-state index contributed by atoms with van der Waals surface area (Å²) in [6, 6.07) is 16.7. The number of unbranched alkanes of at least 4 members (excludes halogenated alkanes) is 2. The monoisotopic (exact) mass is 269 g/mol. The molecule has 0 aliphatic carbocycles. The van der Waals surface area contributed by atoms with E-state index < -0.39 is 0 Å². The van der Waals surface area contributed by atoms with Gasteiger partial charge in [-0.1, -0.05) is 31.9 Å². The van der Waals surface area contributed by atoms with Gasteiger partial charge in [0.1, 0.15) is 5.75 Å². The number of methoxy groups -OCH3 is 1. The molecule has 2 aromatic rings. The van der Waals surface area contributed by atoms with Crippen LogP contribution in [0, 0.1) is 0 Å². The quantitative estimate of drug-likeness (QED) is 0.700. The highest BCUT2D eigenvalue weighted by Crippen LogP contribution is 2.20. The lowest BCUT2D eigenvalue weighted by atomic mass is 10.1. The van der Waals surface area contributed by atoms with Gasteiger partial charge in [-0.3, -0.25) is 0 Å². The van der Waals surface area contributed by atoms with Crippen LogP contribution in [-0.2, 0) is 6.42 Å². The summed E-state index contributed by atoms with van der Waals surface area (Å²) in [7, 11) is 1.68. The second-order valence-corrected chi connectivity index (χ2v) is 5.01. The Morgan fingerprint density at radius 2 is 1.45 bits per heavy atom.